The molecule has 0 aliphatic carbocycles. The SMILES string of the molecule is CCCCCc1cc(-c2cc(CCCCC)c(C#Cc3ccc(OCC(O)CO)cc3)s2)sc1C#Cc1ccc(OCC(O)CO)cc1. The smallest absolute Gasteiger partial charge is 0.119 e. The van der Waals surface area contributed by atoms with Crippen molar-refractivity contribution in [1.29, 1.82) is 0 Å². The Balaban J connectivity index is 1.57. The maximum Gasteiger partial charge on any atom is 0.119 e. The standard InChI is InChI=1S/C40H46O6S2/c1-3-5-7-9-31-23-39(47-37(31)21-15-29-11-17-35(18-12-29)45-27-33(43)25-41)40-24-32(10-8-6-4-2)38(48-40)22-16-30-13-19-36(20-14-30)46-28-34(44)26-42/h11-14,17-20,23-24,33-34,41-44H,3-10,25-28H2,1-2H3. The van der Waals surface area contributed by atoms with Crippen molar-refractivity contribution in [2.75, 3.05) is 26.4 Å². The zero-order valence-electron chi connectivity index (χ0n) is 27.8. The summed E-state index contributed by atoms with van der Waals surface area (Å²) in [5.74, 6) is 14.8. The summed E-state index contributed by atoms with van der Waals surface area (Å²) in [7, 11) is 0. The first-order valence-corrected chi connectivity index (χ1v) is 18.4. The van der Waals surface area contributed by atoms with Gasteiger partial charge in [-0.25, -0.2) is 0 Å². The number of rotatable bonds is 17. The first-order valence-electron chi connectivity index (χ1n) is 16.8. The van der Waals surface area contributed by atoms with Gasteiger partial charge in [0.15, 0.2) is 0 Å². The van der Waals surface area contributed by atoms with Gasteiger partial charge in [0.1, 0.15) is 36.9 Å². The van der Waals surface area contributed by atoms with E-state index in [1.165, 1.54) is 46.6 Å². The van der Waals surface area contributed by atoms with Gasteiger partial charge in [0.25, 0.3) is 0 Å². The molecule has 8 heteroatoms. The molecule has 0 radical (unpaired) electrons. The molecule has 4 aromatic rings. The molecule has 4 N–H and O–H groups in total. The van der Waals surface area contributed by atoms with E-state index in [0.717, 1.165) is 46.6 Å². The molecule has 0 aliphatic heterocycles. The van der Waals surface area contributed by atoms with Crippen molar-refractivity contribution in [3.8, 4) is 44.9 Å². The molecule has 0 saturated heterocycles. The quantitative estimate of drug-likeness (QED) is 0.0693. The molecular formula is C40H46O6S2. The van der Waals surface area contributed by atoms with Crippen molar-refractivity contribution in [2.24, 2.45) is 0 Å². The zero-order chi connectivity index (χ0) is 34.1. The van der Waals surface area contributed by atoms with Crippen molar-refractivity contribution < 1.29 is 29.9 Å². The summed E-state index contributed by atoms with van der Waals surface area (Å²) in [5, 5.41) is 37.1. The molecule has 0 aliphatic rings. The van der Waals surface area contributed by atoms with E-state index in [2.05, 4.69) is 49.7 Å². The Morgan fingerprint density at radius 1 is 0.583 bits per heavy atom. The summed E-state index contributed by atoms with van der Waals surface area (Å²) >= 11 is 3.49. The van der Waals surface area contributed by atoms with Gasteiger partial charge in [-0.05, 0) is 97.5 Å². The van der Waals surface area contributed by atoms with Crippen LogP contribution in [-0.2, 0) is 12.8 Å². The molecule has 48 heavy (non-hydrogen) atoms. The molecule has 0 amide bonds. The average molecular weight is 687 g/mol. The number of thiophene rings is 2. The minimum absolute atomic E-state index is 0.0403. The fourth-order valence-electron chi connectivity index (χ4n) is 4.83. The highest BCUT2D eigenvalue weighted by Crippen LogP contribution is 2.38. The summed E-state index contributed by atoms with van der Waals surface area (Å²) in [6, 6.07) is 19.6. The zero-order valence-corrected chi connectivity index (χ0v) is 29.5. The Morgan fingerprint density at radius 3 is 1.33 bits per heavy atom. The van der Waals surface area contributed by atoms with Crippen LogP contribution in [0.15, 0.2) is 60.7 Å². The van der Waals surface area contributed by atoms with E-state index in [1.807, 2.05) is 48.5 Å². The lowest BCUT2D eigenvalue weighted by molar-refractivity contribution is 0.0536. The summed E-state index contributed by atoms with van der Waals surface area (Å²) in [4.78, 5) is 4.63. The van der Waals surface area contributed by atoms with Crippen LogP contribution in [0.3, 0.4) is 0 Å². The number of unbranched alkanes of at least 4 members (excludes halogenated alkanes) is 4. The number of hydrogen-bond acceptors (Lipinski definition) is 8. The van der Waals surface area contributed by atoms with Gasteiger partial charge in [0.05, 0.1) is 23.0 Å². The maximum atomic E-state index is 9.54. The first kappa shape index (κ1) is 37.2. The highest BCUT2D eigenvalue weighted by molar-refractivity contribution is 7.22. The third kappa shape index (κ3) is 11.8. The molecule has 0 saturated carbocycles. The minimum Gasteiger partial charge on any atom is -0.491 e. The third-order valence-corrected chi connectivity index (χ3v) is 10.00. The van der Waals surface area contributed by atoms with Crippen LogP contribution < -0.4 is 9.47 Å². The molecule has 0 fully saturated rings. The Bertz CT molecular complexity index is 1540. The Labute approximate surface area is 293 Å². The van der Waals surface area contributed by atoms with Gasteiger partial charge in [0, 0.05) is 20.9 Å². The fraction of sp³-hybridized carbons (Fsp3) is 0.400. The van der Waals surface area contributed by atoms with E-state index in [-0.39, 0.29) is 26.4 Å². The molecule has 254 valence electrons. The van der Waals surface area contributed by atoms with Gasteiger partial charge in [-0.2, -0.15) is 0 Å². The number of ether oxygens (including phenoxy) is 2. The Kier molecular flexibility index (Phi) is 15.5. The molecule has 2 heterocycles. The molecule has 2 atom stereocenters. The summed E-state index contributed by atoms with van der Waals surface area (Å²) < 4.78 is 11.1. The van der Waals surface area contributed by atoms with Gasteiger partial charge in [-0.1, -0.05) is 63.2 Å². The molecule has 2 aromatic carbocycles. The number of aliphatic hydroxyl groups excluding tert-OH is 4. The summed E-state index contributed by atoms with van der Waals surface area (Å²) in [6.07, 6.45) is 7.14. The van der Waals surface area contributed by atoms with Crippen LogP contribution in [0, 0.1) is 23.7 Å². The van der Waals surface area contributed by atoms with Gasteiger partial charge in [-0.3, -0.25) is 0 Å². The first-order chi connectivity index (χ1) is 23.4. The second kappa shape index (κ2) is 20.0. The number of aryl methyl sites for hydroxylation is 2. The molecule has 0 bridgehead atoms. The minimum atomic E-state index is -0.902. The van der Waals surface area contributed by atoms with Gasteiger partial charge >= 0.3 is 0 Å². The lowest BCUT2D eigenvalue weighted by Gasteiger charge is -2.09. The summed E-state index contributed by atoms with van der Waals surface area (Å²) in [5.41, 5.74) is 4.34. The molecule has 0 spiro atoms. The average Bonchev–Trinajstić information content (AvgIpc) is 3.72. The molecular weight excluding hydrogens is 641 g/mol. The molecule has 2 unspecified atom stereocenters. The van der Waals surface area contributed by atoms with Crippen molar-refractivity contribution in [2.45, 2.75) is 77.4 Å². The maximum absolute atomic E-state index is 9.54. The topological polar surface area (TPSA) is 99.4 Å². The van der Waals surface area contributed by atoms with Crippen LogP contribution in [0.2, 0.25) is 0 Å². The Morgan fingerprint density at radius 2 is 0.979 bits per heavy atom. The van der Waals surface area contributed by atoms with Crippen LogP contribution in [0.1, 0.15) is 84.4 Å². The largest absolute Gasteiger partial charge is 0.491 e. The summed E-state index contributed by atoms with van der Waals surface area (Å²) in [6.45, 7) is 3.85. The van der Waals surface area contributed by atoms with Crippen molar-refractivity contribution in [3.63, 3.8) is 0 Å². The monoisotopic (exact) mass is 686 g/mol. The van der Waals surface area contributed by atoms with E-state index in [1.54, 1.807) is 22.7 Å². The molecule has 6 nitrogen and oxygen atoms in total. The second-order valence-corrected chi connectivity index (χ2v) is 13.8. The van der Waals surface area contributed by atoms with Crippen LogP contribution >= 0.6 is 22.7 Å². The fourth-order valence-corrected chi connectivity index (χ4v) is 7.03. The predicted molar refractivity (Wildman–Crippen MR) is 196 cm³/mol. The van der Waals surface area contributed by atoms with E-state index in [0.29, 0.717) is 11.5 Å². The van der Waals surface area contributed by atoms with E-state index in [4.69, 9.17) is 19.7 Å². The van der Waals surface area contributed by atoms with Crippen molar-refractivity contribution >= 4 is 22.7 Å². The van der Waals surface area contributed by atoms with Crippen LogP contribution in [-0.4, -0.2) is 59.1 Å². The highest BCUT2D eigenvalue weighted by Gasteiger charge is 2.15. The normalized spacial score (nSPS) is 12.0. The van der Waals surface area contributed by atoms with Crippen molar-refractivity contribution in [3.05, 3.63) is 92.7 Å². The van der Waals surface area contributed by atoms with E-state index in [9.17, 15) is 10.2 Å². The third-order valence-electron chi connectivity index (χ3n) is 7.62. The second-order valence-electron chi connectivity index (χ2n) is 11.7. The van der Waals surface area contributed by atoms with Gasteiger partial charge < -0.3 is 29.9 Å². The molecule has 4 rings (SSSR count). The predicted octanol–water partition coefficient (Wildman–Crippen LogP) is 7.21. The number of aliphatic hydroxyl groups is 4. The van der Waals surface area contributed by atoms with Gasteiger partial charge in [0.2, 0.25) is 0 Å². The van der Waals surface area contributed by atoms with E-state index >= 15 is 0 Å². The number of hydrogen-bond donors (Lipinski definition) is 4. The lowest BCUT2D eigenvalue weighted by Crippen LogP contribution is -2.21. The van der Waals surface area contributed by atoms with Crippen LogP contribution in [0.4, 0.5) is 0 Å². The van der Waals surface area contributed by atoms with Crippen LogP contribution in [0.25, 0.3) is 9.75 Å². The van der Waals surface area contributed by atoms with Crippen molar-refractivity contribution in [1.82, 2.24) is 0 Å². The van der Waals surface area contributed by atoms with Gasteiger partial charge in [-0.15, -0.1) is 22.7 Å². The van der Waals surface area contributed by atoms with E-state index < -0.39 is 12.2 Å². The van der Waals surface area contributed by atoms with Crippen LogP contribution in [0.5, 0.6) is 11.5 Å². The lowest BCUT2D eigenvalue weighted by atomic mass is 10.1. The molecule has 2 aromatic heterocycles. The highest BCUT2D eigenvalue weighted by atomic mass is 32.1. The number of benzene rings is 2. The Hall–Kier alpha value is -3.60.